The molecule has 0 atom stereocenters. The van der Waals surface area contributed by atoms with Crippen LogP contribution in [0.2, 0.25) is 0 Å². The normalized spacial score (nSPS) is 13.1. The monoisotopic (exact) mass is 328 g/mol. The lowest BCUT2D eigenvalue weighted by Crippen LogP contribution is -2.25. The first-order valence-corrected chi connectivity index (χ1v) is 7.47. The summed E-state index contributed by atoms with van der Waals surface area (Å²) in [6.45, 7) is 3.53. The summed E-state index contributed by atoms with van der Waals surface area (Å²) in [6.07, 6.45) is 4.13. The first kappa shape index (κ1) is 16.1. The van der Waals surface area contributed by atoms with Gasteiger partial charge in [0, 0.05) is 36.8 Å². The molecule has 2 aromatic heterocycles. The Morgan fingerprint density at radius 1 is 1.33 bits per heavy atom. The fourth-order valence-electron chi connectivity index (χ4n) is 2.79. The van der Waals surface area contributed by atoms with E-state index in [9.17, 15) is 4.39 Å². The van der Waals surface area contributed by atoms with Crippen molar-refractivity contribution >= 4 is 17.7 Å². The standard InChI is InChI=1S/C16H15FN4O.CH2O/c1-21-5-3-10-6-15(12(17)7-14(10)21)22-16-11-2-4-18-8-13(11)19-9-20-16;1-2/h3,5-7,9,18H,2,4,8H2,1H3;1H2. The van der Waals surface area contributed by atoms with Crippen LogP contribution in [0.3, 0.4) is 0 Å². The SMILES string of the molecule is C=O.Cn1ccc2cc(Oc3ncnc4c3CCNC4)c(F)cc21. The third-order valence-corrected chi connectivity index (χ3v) is 3.98. The van der Waals surface area contributed by atoms with Gasteiger partial charge in [0.1, 0.15) is 13.1 Å². The van der Waals surface area contributed by atoms with Gasteiger partial charge in [0.05, 0.1) is 11.2 Å². The summed E-state index contributed by atoms with van der Waals surface area (Å²) >= 11 is 0. The predicted octanol–water partition coefficient (Wildman–Crippen LogP) is 2.36. The van der Waals surface area contributed by atoms with E-state index in [0.717, 1.165) is 35.1 Å². The van der Waals surface area contributed by atoms with Crippen molar-refractivity contribution in [1.29, 1.82) is 0 Å². The van der Waals surface area contributed by atoms with E-state index >= 15 is 0 Å². The molecule has 0 fully saturated rings. The van der Waals surface area contributed by atoms with Gasteiger partial charge in [-0.25, -0.2) is 14.4 Å². The van der Waals surface area contributed by atoms with Gasteiger partial charge in [-0.05, 0) is 25.1 Å². The molecule has 3 heterocycles. The minimum Gasteiger partial charge on any atom is -0.436 e. The van der Waals surface area contributed by atoms with E-state index in [1.54, 1.807) is 6.07 Å². The first-order chi connectivity index (χ1) is 11.7. The van der Waals surface area contributed by atoms with Crippen LogP contribution in [0, 0.1) is 5.82 Å². The summed E-state index contributed by atoms with van der Waals surface area (Å²) in [5.74, 6) is 0.245. The van der Waals surface area contributed by atoms with Gasteiger partial charge in [0.15, 0.2) is 11.6 Å². The lowest BCUT2D eigenvalue weighted by molar-refractivity contribution is -0.0979. The highest BCUT2D eigenvalue weighted by Crippen LogP contribution is 2.31. The number of carbonyl (C=O) groups is 1. The van der Waals surface area contributed by atoms with Crippen LogP contribution in [0.4, 0.5) is 4.39 Å². The molecular weight excluding hydrogens is 311 g/mol. The maximum Gasteiger partial charge on any atom is 0.225 e. The molecule has 0 bridgehead atoms. The zero-order valence-corrected chi connectivity index (χ0v) is 13.3. The highest BCUT2D eigenvalue weighted by molar-refractivity contribution is 5.81. The molecule has 0 unspecified atom stereocenters. The summed E-state index contributed by atoms with van der Waals surface area (Å²) in [7, 11) is 1.89. The van der Waals surface area contributed by atoms with Crippen molar-refractivity contribution in [2.45, 2.75) is 13.0 Å². The Hall–Kier alpha value is -2.80. The average Bonchev–Trinajstić information content (AvgIpc) is 2.97. The molecule has 0 radical (unpaired) electrons. The fourth-order valence-corrected chi connectivity index (χ4v) is 2.79. The van der Waals surface area contributed by atoms with Gasteiger partial charge in [-0.2, -0.15) is 0 Å². The highest BCUT2D eigenvalue weighted by atomic mass is 19.1. The topological polar surface area (TPSA) is 69.0 Å². The average molecular weight is 328 g/mol. The Bertz CT molecular complexity index is 878. The molecule has 1 N–H and O–H groups in total. The van der Waals surface area contributed by atoms with E-state index in [1.807, 2.05) is 30.7 Å². The van der Waals surface area contributed by atoms with Crippen molar-refractivity contribution in [3.63, 3.8) is 0 Å². The summed E-state index contributed by atoms with van der Waals surface area (Å²) in [5, 5.41) is 4.18. The second kappa shape index (κ2) is 6.76. The molecule has 124 valence electrons. The lowest BCUT2D eigenvalue weighted by Gasteiger charge is -2.18. The molecule has 4 rings (SSSR count). The van der Waals surface area contributed by atoms with Crippen LogP contribution < -0.4 is 10.1 Å². The molecule has 6 nitrogen and oxygen atoms in total. The molecular formula is C17H17FN4O2. The molecule has 3 aromatic rings. The third kappa shape index (κ3) is 2.85. The number of aryl methyl sites for hydroxylation is 1. The Balaban J connectivity index is 0.000000815. The molecule has 0 saturated heterocycles. The summed E-state index contributed by atoms with van der Waals surface area (Å²) in [6, 6.07) is 5.13. The maximum atomic E-state index is 14.3. The summed E-state index contributed by atoms with van der Waals surface area (Å²) in [4.78, 5) is 16.4. The molecule has 0 saturated carbocycles. The van der Waals surface area contributed by atoms with Crippen LogP contribution in [0.5, 0.6) is 11.6 Å². The van der Waals surface area contributed by atoms with Crippen LogP contribution in [0.15, 0.2) is 30.7 Å². The van der Waals surface area contributed by atoms with Crippen LogP contribution in [0.1, 0.15) is 11.3 Å². The number of benzene rings is 1. The van der Waals surface area contributed by atoms with Crippen molar-refractivity contribution < 1.29 is 13.9 Å². The molecule has 1 aliphatic rings. The van der Waals surface area contributed by atoms with Crippen LogP contribution in [-0.4, -0.2) is 27.9 Å². The lowest BCUT2D eigenvalue weighted by atomic mass is 10.1. The van der Waals surface area contributed by atoms with Gasteiger partial charge in [0.25, 0.3) is 0 Å². The van der Waals surface area contributed by atoms with Crippen molar-refractivity contribution in [2.24, 2.45) is 7.05 Å². The largest absolute Gasteiger partial charge is 0.436 e. The van der Waals surface area contributed by atoms with E-state index in [0.29, 0.717) is 12.4 Å². The van der Waals surface area contributed by atoms with Gasteiger partial charge in [0.2, 0.25) is 5.88 Å². The van der Waals surface area contributed by atoms with E-state index in [2.05, 4.69) is 15.3 Å². The number of rotatable bonds is 2. The van der Waals surface area contributed by atoms with Crippen LogP contribution in [-0.2, 0) is 24.8 Å². The number of nitrogens with zero attached hydrogens (tertiary/aromatic N) is 3. The quantitative estimate of drug-likeness (QED) is 0.782. The molecule has 0 aliphatic carbocycles. The number of hydrogen-bond donors (Lipinski definition) is 1. The van der Waals surface area contributed by atoms with Gasteiger partial charge < -0.3 is 19.4 Å². The first-order valence-electron chi connectivity index (χ1n) is 7.47. The Morgan fingerprint density at radius 2 is 2.17 bits per heavy atom. The minimum absolute atomic E-state index is 0.193. The predicted molar refractivity (Wildman–Crippen MR) is 87.5 cm³/mol. The van der Waals surface area contributed by atoms with E-state index < -0.39 is 5.82 Å². The van der Waals surface area contributed by atoms with Gasteiger partial charge >= 0.3 is 0 Å². The van der Waals surface area contributed by atoms with Crippen LogP contribution >= 0.6 is 0 Å². The van der Waals surface area contributed by atoms with Crippen LogP contribution in [0.25, 0.3) is 10.9 Å². The minimum atomic E-state index is -0.393. The highest BCUT2D eigenvalue weighted by Gasteiger charge is 2.18. The Morgan fingerprint density at radius 3 is 3.00 bits per heavy atom. The molecule has 7 heteroatoms. The van der Waals surface area contributed by atoms with E-state index in [4.69, 9.17) is 9.53 Å². The zero-order valence-electron chi connectivity index (χ0n) is 13.3. The summed E-state index contributed by atoms with van der Waals surface area (Å²) < 4.78 is 21.9. The molecule has 0 amide bonds. The van der Waals surface area contributed by atoms with Crippen molar-refractivity contribution in [2.75, 3.05) is 6.54 Å². The number of halogens is 1. The maximum absolute atomic E-state index is 14.3. The number of ether oxygens (including phenoxy) is 1. The van der Waals surface area contributed by atoms with E-state index in [1.165, 1.54) is 12.4 Å². The number of hydrogen-bond acceptors (Lipinski definition) is 5. The number of carbonyl (C=O) groups excluding carboxylic acids is 1. The second-order valence-electron chi connectivity index (χ2n) is 5.40. The smallest absolute Gasteiger partial charge is 0.225 e. The second-order valence-corrected chi connectivity index (χ2v) is 5.40. The number of aromatic nitrogens is 3. The van der Waals surface area contributed by atoms with Crippen molar-refractivity contribution in [1.82, 2.24) is 19.9 Å². The molecule has 0 spiro atoms. The molecule has 24 heavy (non-hydrogen) atoms. The van der Waals surface area contributed by atoms with Crippen molar-refractivity contribution in [3.8, 4) is 11.6 Å². The Labute approximate surface area is 138 Å². The molecule has 1 aliphatic heterocycles. The van der Waals surface area contributed by atoms with Gasteiger partial charge in [-0.3, -0.25) is 0 Å². The number of nitrogens with one attached hydrogen (secondary N) is 1. The fraction of sp³-hybridized carbons (Fsp3) is 0.235. The van der Waals surface area contributed by atoms with Gasteiger partial charge in [-0.15, -0.1) is 0 Å². The Kier molecular flexibility index (Phi) is 4.52. The summed E-state index contributed by atoms with van der Waals surface area (Å²) in [5.41, 5.74) is 2.70. The number of fused-ring (bicyclic) bond motifs is 2. The third-order valence-electron chi connectivity index (χ3n) is 3.98. The molecule has 1 aromatic carbocycles. The van der Waals surface area contributed by atoms with Crippen molar-refractivity contribution in [3.05, 3.63) is 47.8 Å². The zero-order chi connectivity index (χ0) is 17.1. The van der Waals surface area contributed by atoms with E-state index in [-0.39, 0.29) is 5.75 Å². The van der Waals surface area contributed by atoms with Gasteiger partial charge in [-0.1, -0.05) is 0 Å².